The Morgan fingerprint density at radius 1 is 1.15 bits per heavy atom. The molecule has 6 nitrogen and oxygen atoms in total. The van der Waals surface area contributed by atoms with Crippen molar-refractivity contribution in [2.24, 2.45) is 11.8 Å². The average molecular weight is 373 g/mol. The molecule has 2 atom stereocenters. The molecule has 0 radical (unpaired) electrons. The number of carbonyl (C=O) groups excluding carboxylic acids is 2. The molecule has 1 aromatic carbocycles. The van der Waals surface area contributed by atoms with Crippen LogP contribution in [0.4, 0.5) is 0 Å². The normalized spacial score (nSPS) is 22.4. The average Bonchev–Trinajstić information content (AvgIpc) is 2.88. The van der Waals surface area contributed by atoms with Crippen molar-refractivity contribution in [1.29, 1.82) is 0 Å². The van der Waals surface area contributed by atoms with E-state index < -0.39 is 5.97 Å². The lowest BCUT2D eigenvalue weighted by molar-refractivity contribution is -0.149. The third kappa shape index (κ3) is 5.49. The lowest BCUT2D eigenvalue weighted by atomic mass is 9.92. The first kappa shape index (κ1) is 19.3. The summed E-state index contributed by atoms with van der Waals surface area (Å²) in [5.41, 5.74) is 0.807. The molecule has 1 fully saturated rings. The van der Waals surface area contributed by atoms with Crippen molar-refractivity contribution >= 4 is 18.0 Å². The summed E-state index contributed by atoms with van der Waals surface area (Å²) in [6.07, 6.45) is 4.94. The molecule has 3 rings (SSSR count). The number of likely N-dealkylation sites (tertiary alicyclic amines) is 1. The molecule has 1 amide bonds. The molecule has 0 spiro atoms. The van der Waals surface area contributed by atoms with Gasteiger partial charge in [0.25, 0.3) is 5.91 Å². The van der Waals surface area contributed by atoms with E-state index in [-0.39, 0.29) is 12.5 Å². The third-order valence-electron chi connectivity index (χ3n) is 4.74. The maximum Gasteiger partial charge on any atom is 0.331 e. The number of rotatable bonds is 4. The van der Waals surface area contributed by atoms with Crippen LogP contribution < -0.4 is 9.47 Å². The molecular weight excluding hydrogens is 346 g/mol. The van der Waals surface area contributed by atoms with Crippen molar-refractivity contribution < 1.29 is 23.8 Å². The molecule has 1 aromatic rings. The monoisotopic (exact) mass is 373 g/mol. The third-order valence-corrected chi connectivity index (χ3v) is 4.74. The van der Waals surface area contributed by atoms with Gasteiger partial charge in [-0.15, -0.1) is 0 Å². The first-order valence-electron chi connectivity index (χ1n) is 9.53. The van der Waals surface area contributed by atoms with E-state index in [1.165, 1.54) is 6.08 Å². The Morgan fingerprint density at radius 3 is 2.59 bits per heavy atom. The summed E-state index contributed by atoms with van der Waals surface area (Å²) in [5.74, 6) is 1.68. The maximum absolute atomic E-state index is 12.3. The van der Waals surface area contributed by atoms with E-state index in [1.54, 1.807) is 11.0 Å². The van der Waals surface area contributed by atoms with Gasteiger partial charge in [0.15, 0.2) is 18.1 Å². The molecule has 6 heteroatoms. The summed E-state index contributed by atoms with van der Waals surface area (Å²) < 4.78 is 16.3. The van der Waals surface area contributed by atoms with E-state index in [9.17, 15) is 9.59 Å². The standard InChI is InChI=1S/C21H27NO5/c1-15-10-16(2)13-22(12-15)20(23)14-27-21(24)7-5-17-4-6-18-19(11-17)26-9-3-8-25-18/h4-7,11,15-16H,3,8-10,12-14H2,1-2H3/b7-5+/t15-,16-/m0/s1. The van der Waals surface area contributed by atoms with E-state index in [2.05, 4.69) is 13.8 Å². The topological polar surface area (TPSA) is 65.1 Å². The number of hydrogen-bond acceptors (Lipinski definition) is 5. The Balaban J connectivity index is 1.50. The van der Waals surface area contributed by atoms with Gasteiger partial charge in [0.1, 0.15) is 0 Å². The number of amides is 1. The number of hydrogen-bond donors (Lipinski definition) is 0. The molecule has 0 aromatic heterocycles. The Morgan fingerprint density at radius 2 is 1.85 bits per heavy atom. The van der Waals surface area contributed by atoms with Crippen molar-refractivity contribution in [3.05, 3.63) is 29.8 Å². The van der Waals surface area contributed by atoms with Crippen molar-refractivity contribution in [2.75, 3.05) is 32.9 Å². The number of piperidine rings is 1. The zero-order chi connectivity index (χ0) is 19.2. The van der Waals surface area contributed by atoms with Gasteiger partial charge in [-0.3, -0.25) is 4.79 Å². The molecule has 1 saturated heterocycles. The van der Waals surface area contributed by atoms with Gasteiger partial charge in [-0.05, 0) is 42.0 Å². The van der Waals surface area contributed by atoms with E-state index in [4.69, 9.17) is 14.2 Å². The summed E-state index contributed by atoms with van der Waals surface area (Å²) in [7, 11) is 0. The molecule has 2 aliphatic rings. The van der Waals surface area contributed by atoms with Crippen LogP contribution >= 0.6 is 0 Å². The minimum atomic E-state index is -0.534. The molecule has 2 heterocycles. The highest BCUT2D eigenvalue weighted by Gasteiger charge is 2.25. The fourth-order valence-corrected chi connectivity index (χ4v) is 3.59. The Hall–Kier alpha value is -2.50. The summed E-state index contributed by atoms with van der Waals surface area (Å²) in [6.45, 7) is 6.76. The van der Waals surface area contributed by atoms with Crippen molar-refractivity contribution in [2.45, 2.75) is 26.7 Å². The van der Waals surface area contributed by atoms with Gasteiger partial charge in [-0.25, -0.2) is 4.79 Å². The van der Waals surface area contributed by atoms with Crippen LogP contribution in [0.5, 0.6) is 11.5 Å². The highest BCUT2D eigenvalue weighted by atomic mass is 16.5. The fourth-order valence-electron chi connectivity index (χ4n) is 3.59. The van der Waals surface area contributed by atoms with Crippen molar-refractivity contribution in [1.82, 2.24) is 4.90 Å². The minimum Gasteiger partial charge on any atom is -0.490 e. The minimum absolute atomic E-state index is 0.134. The van der Waals surface area contributed by atoms with Gasteiger partial charge >= 0.3 is 5.97 Å². The highest BCUT2D eigenvalue weighted by Crippen LogP contribution is 2.30. The van der Waals surface area contributed by atoms with Gasteiger partial charge in [-0.2, -0.15) is 0 Å². The zero-order valence-electron chi connectivity index (χ0n) is 16.0. The predicted octanol–water partition coefficient (Wildman–Crippen LogP) is 2.91. The zero-order valence-corrected chi connectivity index (χ0v) is 16.0. The van der Waals surface area contributed by atoms with Gasteiger partial charge in [0.05, 0.1) is 13.2 Å². The molecule has 0 saturated carbocycles. The van der Waals surface area contributed by atoms with Crippen LogP contribution in [0.1, 0.15) is 32.3 Å². The second-order valence-corrected chi connectivity index (χ2v) is 7.44. The molecular formula is C21H27NO5. The lowest BCUT2D eigenvalue weighted by Gasteiger charge is -2.34. The lowest BCUT2D eigenvalue weighted by Crippen LogP contribution is -2.44. The van der Waals surface area contributed by atoms with Gasteiger partial charge in [0.2, 0.25) is 0 Å². The van der Waals surface area contributed by atoms with Crippen molar-refractivity contribution in [3.8, 4) is 11.5 Å². The van der Waals surface area contributed by atoms with Crippen LogP contribution in [0, 0.1) is 11.8 Å². The van der Waals surface area contributed by atoms with Gasteiger partial charge in [-0.1, -0.05) is 19.9 Å². The Bertz CT molecular complexity index is 705. The smallest absolute Gasteiger partial charge is 0.331 e. The summed E-state index contributed by atoms with van der Waals surface area (Å²) in [6, 6.07) is 5.50. The van der Waals surface area contributed by atoms with Crippen LogP contribution in [-0.4, -0.2) is 49.7 Å². The van der Waals surface area contributed by atoms with Gasteiger partial charge in [0, 0.05) is 25.6 Å². The summed E-state index contributed by atoms with van der Waals surface area (Å²) >= 11 is 0. The number of nitrogens with zero attached hydrogens (tertiary/aromatic N) is 1. The second kappa shape index (κ2) is 8.93. The van der Waals surface area contributed by atoms with Crippen molar-refractivity contribution in [3.63, 3.8) is 0 Å². The highest BCUT2D eigenvalue weighted by molar-refractivity contribution is 5.89. The van der Waals surface area contributed by atoms with Gasteiger partial charge < -0.3 is 19.1 Å². The van der Waals surface area contributed by atoms with E-state index in [1.807, 2.05) is 18.2 Å². The van der Waals surface area contributed by atoms with E-state index in [0.29, 0.717) is 36.5 Å². The Labute approximate surface area is 160 Å². The van der Waals surface area contributed by atoms with Crippen LogP contribution in [0.2, 0.25) is 0 Å². The summed E-state index contributed by atoms with van der Waals surface area (Å²) in [4.78, 5) is 26.0. The molecule has 146 valence electrons. The number of benzene rings is 1. The quantitative estimate of drug-likeness (QED) is 0.600. The number of carbonyl (C=O) groups is 2. The molecule has 0 aliphatic carbocycles. The van der Waals surface area contributed by atoms with E-state index in [0.717, 1.165) is 31.5 Å². The summed E-state index contributed by atoms with van der Waals surface area (Å²) in [5, 5.41) is 0. The molecule has 27 heavy (non-hydrogen) atoms. The number of ether oxygens (including phenoxy) is 3. The van der Waals surface area contributed by atoms with Crippen LogP contribution in [0.15, 0.2) is 24.3 Å². The molecule has 2 aliphatic heterocycles. The van der Waals surface area contributed by atoms with E-state index >= 15 is 0 Å². The van der Waals surface area contributed by atoms with Crippen LogP contribution in [-0.2, 0) is 14.3 Å². The maximum atomic E-state index is 12.3. The first-order chi connectivity index (χ1) is 13.0. The second-order valence-electron chi connectivity index (χ2n) is 7.44. The number of esters is 1. The molecule has 0 unspecified atom stereocenters. The predicted molar refractivity (Wildman–Crippen MR) is 102 cm³/mol. The number of fused-ring (bicyclic) bond motifs is 1. The SMILES string of the molecule is C[C@H]1C[C@H](C)CN(C(=O)COC(=O)/C=C/c2ccc3c(c2)OCCCO3)C1. The molecule has 0 N–H and O–H groups in total. The fraction of sp³-hybridized carbons (Fsp3) is 0.524. The molecule has 0 bridgehead atoms. The van der Waals surface area contributed by atoms with Crippen LogP contribution in [0.3, 0.4) is 0 Å². The largest absolute Gasteiger partial charge is 0.490 e. The first-order valence-corrected chi connectivity index (χ1v) is 9.53. The Kier molecular flexibility index (Phi) is 6.37. The van der Waals surface area contributed by atoms with Crippen LogP contribution in [0.25, 0.3) is 6.08 Å².